The number of rotatable bonds is 3. The van der Waals surface area contributed by atoms with Crippen LogP contribution in [0.1, 0.15) is 24.0 Å². The second-order valence-electron chi connectivity index (χ2n) is 5.59. The summed E-state index contributed by atoms with van der Waals surface area (Å²) >= 11 is 12.0. The van der Waals surface area contributed by atoms with Crippen molar-refractivity contribution in [3.05, 3.63) is 57.6 Å². The minimum atomic E-state index is 0.565. The van der Waals surface area contributed by atoms with Crippen molar-refractivity contribution in [1.82, 2.24) is 0 Å². The van der Waals surface area contributed by atoms with E-state index in [1.165, 1.54) is 24.1 Å². The van der Waals surface area contributed by atoms with Gasteiger partial charge in [-0.1, -0.05) is 29.3 Å². The van der Waals surface area contributed by atoms with E-state index in [9.17, 15) is 0 Å². The Kier molecular flexibility index (Phi) is 4.70. The average Bonchev–Trinajstić information content (AvgIpc) is 3.02. The number of halogens is 2. The molecule has 0 radical (unpaired) electrons. The summed E-state index contributed by atoms with van der Waals surface area (Å²) in [7, 11) is 0. The Morgan fingerprint density at radius 3 is 2.50 bits per heavy atom. The van der Waals surface area contributed by atoms with Gasteiger partial charge in [0.15, 0.2) is 0 Å². The zero-order valence-electron chi connectivity index (χ0n) is 12.5. The topological polar surface area (TPSA) is 15.6 Å². The summed E-state index contributed by atoms with van der Waals surface area (Å²) in [5.41, 5.74) is 4.36. The van der Waals surface area contributed by atoms with Gasteiger partial charge < -0.3 is 4.90 Å². The van der Waals surface area contributed by atoms with Gasteiger partial charge in [-0.25, -0.2) is 0 Å². The van der Waals surface area contributed by atoms with Gasteiger partial charge in [-0.2, -0.15) is 0 Å². The molecular weight excluding hydrogens is 315 g/mol. The fourth-order valence-electron chi connectivity index (χ4n) is 2.70. The highest BCUT2D eigenvalue weighted by Gasteiger charge is 2.12. The smallest absolute Gasteiger partial charge is 0.0817 e. The predicted molar refractivity (Wildman–Crippen MR) is 96.3 cm³/mol. The lowest BCUT2D eigenvalue weighted by molar-refractivity contribution is 0.949. The van der Waals surface area contributed by atoms with Gasteiger partial charge >= 0.3 is 0 Å². The number of anilines is 1. The summed E-state index contributed by atoms with van der Waals surface area (Å²) < 4.78 is 0. The highest BCUT2D eigenvalue weighted by molar-refractivity contribution is 6.36. The van der Waals surface area contributed by atoms with Gasteiger partial charge in [0.05, 0.1) is 10.7 Å². The third kappa shape index (κ3) is 3.45. The van der Waals surface area contributed by atoms with Crippen LogP contribution in [0.5, 0.6) is 0 Å². The number of aliphatic imine (C=N–C) groups is 1. The first-order valence-electron chi connectivity index (χ1n) is 7.48. The van der Waals surface area contributed by atoms with Crippen molar-refractivity contribution in [3.63, 3.8) is 0 Å². The maximum atomic E-state index is 6.14. The van der Waals surface area contributed by atoms with E-state index in [1.807, 2.05) is 12.3 Å². The van der Waals surface area contributed by atoms with Gasteiger partial charge in [0, 0.05) is 30.0 Å². The van der Waals surface area contributed by atoms with Gasteiger partial charge in [-0.15, -0.1) is 0 Å². The third-order valence-electron chi connectivity index (χ3n) is 3.98. The Labute approximate surface area is 141 Å². The number of aryl methyl sites for hydroxylation is 1. The Morgan fingerprint density at radius 1 is 1.05 bits per heavy atom. The first-order valence-corrected chi connectivity index (χ1v) is 8.24. The maximum absolute atomic E-state index is 6.14. The zero-order valence-corrected chi connectivity index (χ0v) is 14.0. The first-order chi connectivity index (χ1) is 10.6. The molecule has 0 unspecified atom stereocenters. The van der Waals surface area contributed by atoms with E-state index >= 15 is 0 Å². The molecule has 0 atom stereocenters. The van der Waals surface area contributed by atoms with Gasteiger partial charge in [-0.05, 0) is 61.2 Å². The van der Waals surface area contributed by atoms with E-state index in [0.29, 0.717) is 10.0 Å². The van der Waals surface area contributed by atoms with Gasteiger partial charge in [0.25, 0.3) is 0 Å². The van der Waals surface area contributed by atoms with Crippen molar-refractivity contribution < 1.29 is 0 Å². The monoisotopic (exact) mass is 332 g/mol. The van der Waals surface area contributed by atoms with Crippen LogP contribution in [0.4, 0.5) is 11.4 Å². The molecule has 0 bridgehead atoms. The normalized spacial score (nSPS) is 15.0. The molecule has 22 heavy (non-hydrogen) atoms. The van der Waals surface area contributed by atoms with Crippen molar-refractivity contribution in [2.24, 2.45) is 4.99 Å². The molecule has 2 aromatic carbocycles. The molecule has 1 aliphatic rings. The van der Waals surface area contributed by atoms with E-state index < -0.39 is 0 Å². The lowest BCUT2D eigenvalue weighted by atomic mass is 10.1. The summed E-state index contributed by atoms with van der Waals surface area (Å²) in [5, 5.41) is 1.19. The fourth-order valence-corrected chi connectivity index (χ4v) is 3.16. The van der Waals surface area contributed by atoms with E-state index in [4.69, 9.17) is 23.2 Å². The highest BCUT2D eigenvalue weighted by atomic mass is 35.5. The average molecular weight is 333 g/mol. The standard InChI is InChI=1S/C18H18Cl2N2/c1-13-10-16(22-8-2-3-9-22)6-4-14(13)12-21-18-7-5-15(19)11-17(18)20/h4-7,10-12H,2-3,8-9H2,1H3. The molecule has 0 aliphatic carbocycles. The van der Waals surface area contributed by atoms with Crippen LogP contribution in [0.15, 0.2) is 41.4 Å². The van der Waals surface area contributed by atoms with Crippen LogP contribution in [0.2, 0.25) is 10.0 Å². The molecule has 3 rings (SSSR count). The maximum Gasteiger partial charge on any atom is 0.0817 e. The molecule has 2 nitrogen and oxygen atoms in total. The summed E-state index contributed by atoms with van der Waals surface area (Å²) in [6.45, 7) is 4.44. The summed E-state index contributed by atoms with van der Waals surface area (Å²) in [6, 6.07) is 11.9. The number of hydrogen-bond acceptors (Lipinski definition) is 2. The Bertz CT molecular complexity index is 704. The van der Waals surface area contributed by atoms with Crippen LogP contribution in [0.3, 0.4) is 0 Å². The SMILES string of the molecule is Cc1cc(N2CCCC2)ccc1C=Nc1ccc(Cl)cc1Cl. The lowest BCUT2D eigenvalue weighted by Gasteiger charge is -2.18. The molecule has 1 saturated heterocycles. The van der Waals surface area contributed by atoms with Gasteiger partial charge in [0.2, 0.25) is 0 Å². The fraction of sp³-hybridized carbons (Fsp3) is 0.278. The molecule has 2 aromatic rings. The number of nitrogens with zero attached hydrogens (tertiary/aromatic N) is 2. The van der Waals surface area contributed by atoms with E-state index in [-0.39, 0.29) is 0 Å². The predicted octanol–water partition coefficient (Wildman–Crippen LogP) is 5.65. The molecule has 0 aromatic heterocycles. The molecule has 114 valence electrons. The molecule has 0 saturated carbocycles. The summed E-state index contributed by atoms with van der Waals surface area (Å²) in [4.78, 5) is 6.91. The van der Waals surface area contributed by atoms with Gasteiger partial charge in [-0.3, -0.25) is 4.99 Å². The minimum absolute atomic E-state index is 0.565. The second-order valence-corrected chi connectivity index (χ2v) is 6.43. The van der Waals surface area contributed by atoms with Crippen molar-refractivity contribution in [1.29, 1.82) is 0 Å². The van der Waals surface area contributed by atoms with Crippen molar-refractivity contribution in [2.75, 3.05) is 18.0 Å². The van der Waals surface area contributed by atoms with Crippen molar-refractivity contribution in [3.8, 4) is 0 Å². The quantitative estimate of drug-likeness (QED) is 0.663. The van der Waals surface area contributed by atoms with Crippen molar-refractivity contribution in [2.45, 2.75) is 19.8 Å². The van der Waals surface area contributed by atoms with Crippen LogP contribution in [0.25, 0.3) is 0 Å². The molecule has 0 spiro atoms. The Morgan fingerprint density at radius 2 is 1.82 bits per heavy atom. The number of hydrogen-bond donors (Lipinski definition) is 0. The van der Waals surface area contributed by atoms with Crippen LogP contribution in [0, 0.1) is 6.92 Å². The third-order valence-corrected chi connectivity index (χ3v) is 4.51. The van der Waals surface area contributed by atoms with E-state index in [2.05, 4.69) is 35.0 Å². The molecule has 0 amide bonds. The minimum Gasteiger partial charge on any atom is -0.372 e. The van der Waals surface area contributed by atoms with E-state index in [1.54, 1.807) is 12.1 Å². The van der Waals surface area contributed by atoms with Gasteiger partial charge in [0.1, 0.15) is 0 Å². The largest absolute Gasteiger partial charge is 0.372 e. The Hall–Kier alpha value is -1.51. The molecular formula is C18H18Cl2N2. The number of benzene rings is 2. The van der Waals surface area contributed by atoms with Crippen LogP contribution >= 0.6 is 23.2 Å². The molecule has 1 fully saturated rings. The van der Waals surface area contributed by atoms with Crippen LogP contribution in [-0.2, 0) is 0 Å². The van der Waals surface area contributed by atoms with Crippen LogP contribution in [-0.4, -0.2) is 19.3 Å². The summed E-state index contributed by atoms with van der Waals surface area (Å²) in [5.74, 6) is 0. The highest BCUT2D eigenvalue weighted by Crippen LogP contribution is 2.28. The van der Waals surface area contributed by atoms with Crippen molar-refractivity contribution >= 4 is 40.8 Å². The molecule has 4 heteroatoms. The molecule has 0 N–H and O–H groups in total. The summed E-state index contributed by atoms with van der Waals surface area (Å²) in [6.07, 6.45) is 4.44. The van der Waals surface area contributed by atoms with E-state index in [0.717, 1.165) is 24.3 Å². The lowest BCUT2D eigenvalue weighted by Crippen LogP contribution is -2.17. The zero-order chi connectivity index (χ0) is 15.5. The second kappa shape index (κ2) is 6.72. The Balaban J connectivity index is 1.81. The first kappa shape index (κ1) is 15.4. The molecule has 1 aliphatic heterocycles. The van der Waals surface area contributed by atoms with Crippen LogP contribution < -0.4 is 4.90 Å². The molecule has 1 heterocycles.